The Morgan fingerprint density at radius 3 is 2.93 bits per heavy atom. The first-order valence-electron chi connectivity index (χ1n) is 4.66. The number of nitrogens with zero attached hydrogens (tertiary/aromatic N) is 2. The molecule has 1 aliphatic rings. The topological polar surface area (TPSA) is 48.7 Å². The molecule has 3 heteroatoms. The van der Waals surface area contributed by atoms with E-state index in [9.17, 15) is 0 Å². The molecule has 0 radical (unpaired) electrons. The molecule has 1 aliphatic carbocycles. The van der Waals surface area contributed by atoms with Gasteiger partial charge in [0.05, 0.1) is 17.4 Å². The highest BCUT2D eigenvalue weighted by Gasteiger charge is 2.11. The molecule has 2 rings (SSSR count). The Hall–Kier alpha value is -1.82. The third kappa shape index (κ3) is 1.74. The van der Waals surface area contributed by atoms with E-state index in [-0.39, 0.29) is 0 Å². The molecule has 0 atom stereocenters. The number of nitrogens with one attached hydrogen (secondary N) is 1. The number of nitriles is 1. The summed E-state index contributed by atoms with van der Waals surface area (Å²) in [5.74, 6) is 0. The van der Waals surface area contributed by atoms with Crippen molar-refractivity contribution in [3.8, 4) is 6.07 Å². The molecule has 1 heterocycles. The molecule has 0 saturated heterocycles. The van der Waals surface area contributed by atoms with Crippen molar-refractivity contribution in [2.75, 3.05) is 5.32 Å². The lowest BCUT2D eigenvalue weighted by Gasteiger charge is -2.13. The highest BCUT2D eigenvalue weighted by molar-refractivity contribution is 5.56. The zero-order chi connectivity index (χ0) is 9.80. The largest absolute Gasteiger partial charge is 0.379 e. The molecule has 14 heavy (non-hydrogen) atoms. The minimum atomic E-state index is 0.422. The minimum absolute atomic E-state index is 0.422. The van der Waals surface area contributed by atoms with Gasteiger partial charge < -0.3 is 5.32 Å². The number of aromatic nitrogens is 1. The summed E-state index contributed by atoms with van der Waals surface area (Å²) >= 11 is 0. The van der Waals surface area contributed by atoms with Crippen molar-refractivity contribution in [3.63, 3.8) is 0 Å². The molecule has 0 unspecified atom stereocenters. The van der Waals surface area contributed by atoms with E-state index >= 15 is 0 Å². The number of anilines is 1. The lowest BCUT2D eigenvalue weighted by molar-refractivity contribution is 0.785. The fraction of sp³-hybridized carbons (Fsp3) is 0.273. The number of pyridine rings is 1. The van der Waals surface area contributed by atoms with E-state index in [0.29, 0.717) is 11.6 Å². The Morgan fingerprint density at radius 2 is 2.21 bits per heavy atom. The van der Waals surface area contributed by atoms with Crippen LogP contribution in [-0.4, -0.2) is 11.0 Å². The van der Waals surface area contributed by atoms with Gasteiger partial charge in [-0.15, -0.1) is 0 Å². The smallest absolute Gasteiger partial charge is 0.101 e. The molecule has 0 aromatic carbocycles. The van der Waals surface area contributed by atoms with E-state index in [4.69, 9.17) is 5.26 Å². The van der Waals surface area contributed by atoms with Crippen LogP contribution in [-0.2, 0) is 0 Å². The first kappa shape index (κ1) is 8.76. The average Bonchev–Trinajstić information content (AvgIpc) is 2.71. The third-order valence-corrected chi connectivity index (χ3v) is 2.31. The van der Waals surface area contributed by atoms with Crippen LogP contribution in [0.25, 0.3) is 0 Å². The Balaban J connectivity index is 2.12. The zero-order valence-electron chi connectivity index (χ0n) is 7.77. The van der Waals surface area contributed by atoms with Crippen molar-refractivity contribution in [3.05, 3.63) is 36.2 Å². The molecule has 3 nitrogen and oxygen atoms in total. The summed E-state index contributed by atoms with van der Waals surface area (Å²) in [4.78, 5) is 4.00. The second-order valence-corrected chi connectivity index (χ2v) is 3.32. The van der Waals surface area contributed by atoms with E-state index in [1.807, 2.05) is 0 Å². The standard InChI is InChI=1S/C11H11N3/c12-7-9-5-6-13-8-11(9)14-10-3-1-2-4-10/h1-2,5-6,8,10,14H,3-4H2. The van der Waals surface area contributed by atoms with E-state index in [1.54, 1.807) is 18.5 Å². The second-order valence-electron chi connectivity index (χ2n) is 3.32. The number of hydrogen-bond acceptors (Lipinski definition) is 3. The molecule has 0 amide bonds. The molecular weight excluding hydrogens is 174 g/mol. The van der Waals surface area contributed by atoms with E-state index in [1.165, 1.54) is 0 Å². The third-order valence-electron chi connectivity index (χ3n) is 2.31. The van der Waals surface area contributed by atoms with Crippen LogP contribution in [0.1, 0.15) is 18.4 Å². The van der Waals surface area contributed by atoms with Gasteiger partial charge in [0, 0.05) is 12.2 Å². The van der Waals surface area contributed by atoms with Gasteiger partial charge in [-0.2, -0.15) is 5.26 Å². The predicted molar refractivity (Wildman–Crippen MR) is 54.7 cm³/mol. The first-order valence-corrected chi connectivity index (χ1v) is 4.66. The summed E-state index contributed by atoms with van der Waals surface area (Å²) in [6, 6.07) is 4.30. The lowest BCUT2D eigenvalue weighted by Crippen LogP contribution is -2.15. The second kappa shape index (κ2) is 3.93. The maximum atomic E-state index is 8.86. The van der Waals surface area contributed by atoms with Gasteiger partial charge >= 0.3 is 0 Å². The van der Waals surface area contributed by atoms with Crippen molar-refractivity contribution in [1.29, 1.82) is 5.26 Å². The van der Waals surface area contributed by atoms with Gasteiger partial charge in [-0.25, -0.2) is 0 Å². The van der Waals surface area contributed by atoms with Gasteiger partial charge in [-0.3, -0.25) is 4.98 Å². The minimum Gasteiger partial charge on any atom is -0.379 e. The van der Waals surface area contributed by atoms with Gasteiger partial charge in [-0.1, -0.05) is 12.2 Å². The molecule has 1 aromatic rings. The van der Waals surface area contributed by atoms with Crippen LogP contribution >= 0.6 is 0 Å². The molecule has 0 bridgehead atoms. The summed E-state index contributed by atoms with van der Waals surface area (Å²) < 4.78 is 0. The monoisotopic (exact) mass is 185 g/mol. The van der Waals surface area contributed by atoms with Gasteiger partial charge in [-0.05, 0) is 18.9 Å². The average molecular weight is 185 g/mol. The molecule has 0 spiro atoms. The summed E-state index contributed by atoms with van der Waals surface area (Å²) in [7, 11) is 0. The number of hydrogen-bond donors (Lipinski definition) is 1. The SMILES string of the molecule is N#Cc1ccncc1NC1CC=CC1. The van der Waals surface area contributed by atoms with Crippen molar-refractivity contribution in [2.45, 2.75) is 18.9 Å². The van der Waals surface area contributed by atoms with E-state index in [2.05, 4.69) is 28.5 Å². The molecule has 70 valence electrons. The van der Waals surface area contributed by atoms with E-state index in [0.717, 1.165) is 18.5 Å². The normalized spacial score (nSPS) is 15.4. The molecule has 0 fully saturated rings. The fourth-order valence-electron chi connectivity index (χ4n) is 1.56. The maximum Gasteiger partial charge on any atom is 0.101 e. The molecule has 0 aliphatic heterocycles. The van der Waals surface area contributed by atoms with Crippen LogP contribution in [0.2, 0.25) is 0 Å². The van der Waals surface area contributed by atoms with Crippen LogP contribution in [0.5, 0.6) is 0 Å². The van der Waals surface area contributed by atoms with Crippen molar-refractivity contribution < 1.29 is 0 Å². The number of rotatable bonds is 2. The molecule has 0 saturated carbocycles. The molecule has 1 N–H and O–H groups in total. The Bertz CT molecular complexity index is 382. The maximum absolute atomic E-state index is 8.86. The zero-order valence-corrected chi connectivity index (χ0v) is 7.77. The van der Waals surface area contributed by atoms with Crippen molar-refractivity contribution >= 4 is 5.69 Å². The van der Waals surface area contributed by atoms with Crippen LogP contribution in [0.15, 0.2) is 30.6 Å². The van der Waals surface area contributed by atoms with Crippen LogP contribution in [0, 0.1) is 11.3 Å². The Labute approximate surface area is 83.1 Å². The molecular formula is C11H11N3. The van der Waals surface area contributed by atoms with E-state index < -0.39 is 0 Å². The van der Waals surface area contributed by atoms with Gasteiger partial charge in [0.1, 0.15) is 6.07 Å². The van der Waals surface area contributed by atoms with Gasteiger partial charge in [0.15, 0.2) is 0 Å². The summed E-state index contributed by atoms with van der Waals surface area (Å²) in [5, 5.41) is 12.2. The molecule has 1 aromatic heterocycles. The summed E-state index contributed by atoms with van der Waals surface area (Å²) in [6.45, 7) is 0. The van der Waals surface area contributed by atoms with Crippen LogP contribution in [0.4, 0.5) is 5.69 Å². The van der Waals surface area contributed by atoms with Crippen LogP contribution < -0.4 is 5.32 Å². The summed E-state index contributed by atoms with van der Waals surface area (Å²) in [5.41, 5.74) is 1.50. The van der Waals surface area contributed by atoms with Gasteiger partial charge in [0.2, 0.25) is 0 Å². The van der Waals surface area contributed by atoms with Crippen molar-refractivity contribution in [1.82, 2.24) is 4.98 Å². The highest BCUT2D eigenvalue weighted by Crippen LogP contribution is 2.18. The van der Waals surface area contributed by atoms with Gasteiger partial charge in [0.25, 0.3) is 0 Å². The quantitative estimate of drug-likeness (QED) is 0.717. The predicted octanol–water partition coefficient (Wildman–Crippen LogP) is 2.08. The summed E-state index contributed by atoms with van der Waals surface area (Å²) in [6.07, 6.45) is 9.70. The Kier molecular flexibility index (Phi) is 2.46. The first-order chi connectivity index (χ1) is 6.90. The lowest BCUT2D eigenvalue weighted by atomic mass is 10.2. The van der Waals surface area contributed by atoms with Crippen LogP contribution in [0.3, 0.4) is 0 Å². The van der Waals surface area contributed by atoms with Crippen molar-refractivity contribution in [2.24, 2.45) is 0 Å². The Morgan fingerprint density at radius 1 is 1.43 bits per heavy atom. The fourth-order valence-corrected chi connectivity index (χ4v) is 1.56. The highest BCUT2D eigenvalue weighted by atomic mass is 14.9.